The number of hydrogen-bond donors (Lipinski definition) is 2. The van der Waals surface area contributed by atoms with Crippen LogP contribution in [0, 0.1) is 12.8 Å². The highest BCUT2D eigenvalue weighted by Gasteiger charge is 2.33. The third kappa shape index (κ3) is 3.46. The lowest BCUT2D eigenvalue weighted by Gasteiger charge is -2.30. The summed E-state index contributed by atoms with van der Waals surface area (Å²) in [6.45, 7) is 8.42. The summed E-state index contributed by atoms with van der Waals surface area (Å²) in [6.07, 6.45) is 3.04. The Labute approximate surface area is 127 Å². The van der Waals surface area contributed by atoms with E-state index < -0.39 is 10.0 Å². The molecule has 1 saturated heterocycles. The van der Waals surface area contributed by atoms with E-state index in [9.17, 15) is 8.42 Å². The average Bonchev–Trinajstić information content (AvgIpc) is 2.86. The van der Waals surface area contributed by atoms with Crippen LogP contribution in [0.15, 0.2) is 4.90 Å². The van der Waals surface area contributed by atoms with Gasteiger partial charge < -0.3 is 5.32 Å². The molecular formula is C14H26N4O2S. The highest BCUT2D eigenvalue weighted by Crippen LogP contribution is 2.28. The molecule has 1 fully saturated rings. The van der Waals surface area contributed by atoms with E-state index in [1.54, 1.807) is 11.2 Å². The van der Waals surface area contributed by atoms with E-state index in [2.05, 4.69) is 22.4 Å². The zero-order valence-electron chi connectivity index (χ0n) is 13.1. The van der Waals surface area contributed by atoms with Crippen molar-refractivity contribution in [3.63, 3.8) is 0 Å². The zero-order chi connectivity index (χ0) is 15.5. The van der Waals surface area contributed by atoms with Gasteiger partial charge in [0, 0.05) is 19.6 Å². The van der Waals surface area contributed by atoms with Gasteiger partial charge in [0.2, 0.25) is 10.0 Å². The predicted octanol–water partition coefficient (Wildman–Crippen LogP) is 1.64. The monoisotopic (exact) mass is 314 g/mol. The second-order valence-electron chi connectivity index (χ2n) is 5.66. The molecule has 120 valence electrons. The molecule has 0 amide bonds. The summed E-state index contributed by atoms with van der Waals surface area (Å²) < 4.78 is 27.4. The minimum atomic E-state index is -3.44. The molecule has 0 radical (unpaired) electrons. The molecular weight excluding hydrogens is 288 g/mol. The zero-order valence-corrected chi connectivity index (χ0v) is 14.0. The summed E-state index contributed by atoms with van der Waals surface area (Å²) in [5.41, 5.74) is 1.22. The molecule has 2 heterocycles. The van der Waals surface area contributed by atoms with Crippen LogP contribution in [0.25, 0.3) is 0 Å². The standard InChI is InChI=1S/C14H26N4O2S/c1-4-12-6-8-18(9-7-12)21(19,20)14-11(3)16-17-13(14)10-15-5-2/h12,15H,4-10H2,1-3H3,(H,16,17). The minimum Gasteiger partial charge on any atom is -0.311 e. The average molecular weight is 314 g/mol. The van der Waals surface area contributed by atoms with Crippen molar-refractivity contribution in [1.82, 2.24) is 19.8 Å². The highest BCUT2D eigenvalue weighted by atomic mass is 32.2. The smallest absolute Gasteiger partial charge is 0.246 e. The van der Waals surface area contributed by atoms with Gasteiger partial charge >= 0.3 is 0 Å². The minimum absolute atomic E-state index is 0.360. The van der Waals surface area contributed by atoms with Gasteiger partial charge in [0.25, 0.3) is 0 Å². The molecule has 0 aromatic carbocycles. The summed E-state index contributed by atoms with van der Waals surface area (Å²) in [5.74, 6) is 0.656. The van der Waals surface area contributed by atoms with Crippen molar-refractivity contribution in [2.45, 2.75) is 51.5 Å². The molecule has 0 aliphatic carbocycles. The van der Waals surface area contributed by atoms with Gasteiger partial charge in [0.15, 0.2) is 0 Å². The molecule has 1 aromatic rings. The van der Waals surface area contributed by atoms with Crippen LogP contribution in [-0.4, -0.2) is 42.6 Å². The Hall–Kier alpha value is -0.920. The lowest BCUT2D eigenvalue weighted by atomic mass is 9.96. The Morgan fingerprint density at radius 2 is 2.00 bits per heavy atom. The van der Waals surface area contributed by atoms with Crippen molar-refractivity contribution in [3.8, 4) is 0 Å². The quantitative estimate of drug-likeness (QED) is 0.837. The van der Waals surface area contributed by atoms with Gasteiger partial charge in [-0.25, -0.2) is 8.42 Å². The molecule has 21 heavy (non-hydrogen) atoms. The van der Waals surface area contributed by atoms with E-state index in [1.165, 1.54) is 0 Å². The third-order valence-corrected chi connectivity index (χ3v) is 6.36. The SMILES string of the molecule is CCNCc1n[nH]c(C)c1S(=O)(=O)N1CCC(CC)CC1. The maximum Gasteiger partial charge on any atom is 0.246 e. The van der Waals surface area contributed by atoms with Crippen molar-refractivity contribution in [1.29, 1.82) is 0 Å². The molecule has 0 spiro atoms. The Bertz CT molecular complexity index is 560. The number of H-pyrrole nitrogens is 1. The number of rotatable bonds is 6. The Morgan fingerprint density at radius 1 is 1.33 bits per heavy atom. The first kappa shape index (κ1) is 16.5. The van der Waals surface area contributed by atoms with E-state index in [0.717, 1.165) is 25.8 Å². The number of aromatic amines is 1. The molecule has 0 bridgehead atoms. The van der Waals surface area contributed by atoms with Gasteiger partial charge in [-0.3, -0.25) is 5.10 Å². The van der Waals surface area contributed by atoms with E-state index in [-0.39, 0.29) is 0 Å². The van der Waals surface area contributed by atoms with Crippen LogP contribution in [0.4, 0.5) is 0 Å². The fourth-order valence-electron chi connectivity index (χ4n) is 2.86. The first-order chi connectivity index (χ1) is 10.0. The number of sulfonamides is 1. The molecule has 1 aliphatic rings. The molecule has 2 N–H and O–H groups in total. The van der Waals surface area contributed by atoms with Gasteiger partial charge in [-0.1, -0.05) is 20.3 Å². The number of nitrogens with zero attached hydrogens (tertiary/aromatic N) is 2. The van der Waals surface area contributed by atoms with Crippen molar-refractivity contribution < 1.29 is 8.42 Å². The summed E-state index contributed by atoms with van der Waals surface area (Å²) in [6, 6.07) is 0. The van der Waals surface area contributed by atoms with Gasteiger partial charge in [-0.2, -0.15) is 9.40 Å². The molecule has 0 atom stereocenters. The van der Waals surface area contributed by atoms with Gasteiger partial charge in [0.1, 0.15) is 4.90 Å². The second-order valence-corrected chi connectivity index (χ2v) is 7.54. The lowest BCUT2D eigenvalue weighted by molar-refractivity contribution is 0.269. The second kappa shape index (κ2) is 6.89. The first-order valence-electron chi connectivity index (χ1n) is 7.75. The molecule has 6 nitrogen and oxygen atoms in total. The molecule has 0 unspecified atom stereocenters. The van der Waals surface area contributed by atoms with Crippen LogP contribution in [0.2, 0.25) is 0 Å². The lowest BCUT2D eigenvalue weighted by Crippen LogP contribution is -2.39. The third-order valence-electron chi connectivity index (χ3n) is 4.25. The van der Waals surface area contributed by atoms with Crippen molar-refractivity contribution >= 4 is 10.0 Å². The normalized spacial score (nSPS) is 18.2. The van der Waals surface area contributed by atoms with Crippen LogP contribution in [-0.2, 0) is 16.6 Å². The van der Waals surface area contributed by atoms with Crippen LogP contribution in [0.3, 0.4) is 0 Å². The van der Waals surface area contributed by atoms with E-state index in [0.29, 0.717) is 41.8 Å². The first-order valence-corrected chi connectivity index (χ1v) is 9.19. The van der Waals surface area contributed by atoms with Gasteiger partial charge in [-0.15, -0.1) is 0 Å². The summed E-state index contributed by atoms with van der Waals surface area (Å²) in [4.78, 5) is 0.360. The maximum absolute atomic E-state index is 12.9. The Morgan fingerprint density at radius 3 is 2.57 bits per heavy atom. The number of nitrogens with one attached hydrogen (secondary N) is 2. The van der Waals surface area contributed by atoms with Crippen LogP contribution >= 0.6 is 0 Å². The maximum atomic E-state index is 12.9. The van der Waals surface area contributed by atoms with Crippen LogP contribution in [0.1, 0.15) is 44.5 Å². The summed E-state index contributed by atoms with van der Waals surface area (Å²) in [7, 11) is -3.44. The summed E-state index contributed by atoms with van der Waals surface area (Å²) in [5, 5.41) is 10.1. The van der Waals surface area contributed by atoms with Crippen LogP contribution < -0.4 is 5.32 Å². The number of aryl methyl sites for hydroxylation is 1. The van der Waals surface area contributed by atoms with Gasteiger partial charge in [0.05, 0.1) is 11.4 Å². The molecule has 0 saturated carbocycles. The number of hydrogen-bond acceptors (Lipinski definition) is 4. The Balaban J connectivity index is 2.22. The fraction of sp³-hybridized carbons (Fsp3) is 0.786. The van der Waals surface area contributed by atoms with Gasteiger partial charge in [-0.05, 0) is 32.2 Å². The highest BCUT2D eigenvalue weighted by molar-refractivity contribution is 7.89. The van der Waals surface area contributed by atoms with E-state index in [1.807, 2.05) is 6.92 Å². The number of aromatic nitrogens is 2. The predicted molar refractivity (Wildman–Crippen MR) is 82.5 cm³/mol. The van der Waals surface area contributed by atoms with Crippen LogP contribution in [0.5, 0.6) is 0 Å². The molecule has 2 rings (SSSR count). The fourth-order valence-corrected chi connectivity index (χ4v) is 4.66. The van der Waals surface area contributed by atoms with Crippen molar-refractivity contribution in [2.24, 2.45) is 5.92 Å². The molecule has 7 heteroatoms. The largest absolute Gasteiger partial charge is 0.311 e. The Kier molecular flexibility index (Phi) is 5.40. The summed E-state index contributed by atoms with van der Waals surface area (Å²) >= 11 is 0. The van der Waals surface area contributed by atoms with E-state index >= 15 is 0 Å². The number of piperidine rings is 1. The van der Waals surface area contributed by atoms with Crippen molar-refractivity contribution in [3.05, 3.63) is 11.4 Å². The van der Waals surface area contributed by atoms with Crippen molar-refractivity contribution in [2.75, 3.05) is 19.6 Å². The topological polar surface area (TPSA) is 78.1 Å². The van der Waals surface area contributed by atoms with E-state index in [4.69, 9.17) is 0 Å². The molecule has 1 aliphatic heterocycles. The molecule has 1 aromatic heterocycles.